The molecule has 0 radical (unpaired) electrons. The van der Waals surface area contributed by atoms with Crippen LogP contribution in [0.1, 0.15) is 52.4 Å². The zero-order valence-corrected chi connectivity index (χ0v) is 16.2. The topological polar surface area (TPSA) is 69.6 Å². The maximum absolute atomic E-state index is 5.54. The van der Waals surface area contributed by atoms with Crippen LogP contribution in [0.2, 0.25) is 0 Å². The van der Waals surface area contributed by atoms with Gasteiger partial charge in [0.1, 0.15) is 0 Å². The molecule has 1 unspecified atom stereocenters. The molecular formula is C20H22N6O. The van der Waals surface area contributed by atoms with Crippen molar-refractivity contribution in [1.82, 2.24) is 29.0 Å². The molecular weight excluding hydrogens is 340 g/mol. The van der Waals surface area contributed by atoms with E-state index in [4.69, 9.17) is 19.8 Å². The molecule has 7 heteroatoms. The fraction of sp³-hybridized carbons (Fsp3) is 0.400. The Hall–Kier alpha value is -2.96. The fourth-order valence-corrected chi connectivity index (χ4v) is 3.93. The van der Waals surface area contributed by atoms with E-state index in [0.29, 0.717) is 11.8 Å². The number of methoxy groups -OCH3 is 1. The highest BCUT2D eigenvalue weighted by atomic mass is 16.5. The zero-order chi connectivity index (χ0) is 18.9. The smallest absolute Gasteiger partial charge is 0.180 e. The SMILES string of the molecule is COc1cc(C)cn2c(C)c([C@@H]3CC3c3nc4c(C)ncc(C)n4n3)nc12. The summed E-state index contributed by atoms with van der Waals surface area (Å²) in [6.45, 7) is 8.17. The van der Waals surface area contributed by atoms with E-state index >= 15 is 0 Å². The van der Waals surface area contributed by atoms with Gasteiger partial charge in [-0.25, -0.2) is 14.5 Å². The molecule has 0 amide bonds. The first-order valence-corrected chi connectivity index (χ1v) is 9.20. The molecule has 0 saturated heterocycles. The van der Waals surface area contributed by atoms with Crippen LogP contribution >= 0.6 is 0 Å². The molecule has 5 rings (SSSR count). The number of nitrogens with zero attached hydrogens (tertiary/aromatic N) is 6. The van der Waals surface area contributed by atoms with Gasteiger partial charge >= 0.3 is 0 Å². The standard InChI is InChI=1S/C20H22N6O/c1-10-6-16(27-5)20-22-17(13(4)25(20)9-10)14-7-15(14)18-23-19-12(3)21-8-11(2)26(19)24-18/h6,8-9,14-15H,7H2,1-5H3/t14-,15?/m1/s1. The molecule has 2 atom stereocenters. The van der Waals surface area contributed by atoms with Crippen molar-refractivity contribution in [2.45, 2.75) is 46.0 Å². The molecule has 4 aromatic heterocycles. The Morgan fingerprint density at radius 2 is 1.89 bits per heavy atom. The Kier molecular flexibility index (Phi) is 3.32. The Morgan fingerprint density at radius 1 is 1.07 bits per heavy atom. The number of hydrogen-bond donors (Lipinski definition) is 0. The average Bonchev–Trinajstić information content (AvgIpc) is 3.18. The van der Waals surface area contributed by atoms with Crippen molar-refractivity contribution in [3.63, 3.8) is 0 Å². The Morgan fingerprint density at radius 3 is 2.63 bits per heavy atom. The van der Waals surface area contributed by atoms with E-state index in [-0.39, 0.29) is 0 Å². The lowest BCUT2D eigenvalue weighted by atomic mass is 10.2. The van der Waals surface area contributed by atoms with Crippen molar-refractivity contribution in [2.75, 3.05) is 7.11 Å². The van der Waals surface area contributed by atoms with E-state index in [0.717, 1.165) is 57.6 Å². The quantitative estimate of drug-likeness (QED) is 0.559. The van der Waals surface area contributed by atoms with Crippen molar-refractivity contribution < 1.29 is 4.74 Å². The third kappa shape index (κ3) is 2.34. The van der Waals surface area contributed by atoms with Crippen molar-refractivity contribution in [3.8, 4) is 5.75 Å². The van der Waals surface area contributed by atoms with Crippen molar-refractivity contribution in [3.05, 3.63) is 52.6 Å². The van der Waals surface area contributed by atoms with Crippen LogP contribution in [0.25, 0.3) is 11.3 Å². The minimum atomic E-state index is 0.305. The van der Waals surface area contributed by atoms with Crippen LogP contribution in [0.15, 0.2) is 18.5 Å². The van der Waals surface area contributed by atoms with E-state index in [9.17, 15) is 0 Å². The summed E-state index contributed by atoms with van der Waals surface area (Å²) in [7, 11) is 1.69. The van der Waals surface area contributed by atoms with Gasteiger partial charge in [0.2, 0.25) is 0 Å². The summed E-state index contributed by atoms with van der Waals surface area (Å²) in [5, 5.41) is 4.75. The highest BCUT2D eigenvalue weighted by Crippen LogP contribution is 2.54. The van der Waals surface area contributed by atoms with Crippen LogP contribution in [-0.4, -0.2) is 36.1 Å². The van der Waals surface area contributed by atoms with Gasteiger partial charge < -0.3 is 9.14 Å². The number of hydrogen-bond acceptors (Lipinski definition) is 5. The number of aromatic nitrogens is 6. The van der Waals surface area contributed by atoms with E-state index in [2.05, 4.69) is 29.4 Å². The summed E-state index contributed by atoms with van der Waals surface area (Å²) in [5.41, 5.74) is 7.06. The molecule has 0 bridgehead atoms. The highest BCUT2D eigenvalue weighted by molar-refractivity contribution is 5.58. The summed E-state index contributed by atoms with van der Waals surface area (Å²) in [5.74, 6) is 2.35. The third-order valence-corrected chi connectivity index (χ3v) is 5.52. The van der Waals surface area contributed by atoms with Crippen LogP contribution < -0.4 is 4.74 Å². The molecule has 1 aliphatic carbocycles. The van der Waals surface area contributed by atoms with E-state index < -0.39 is 0 Å². The predicted octanol–water partition coefficient (Wildman–Crippen LogP) is 3.29. The molecule has 27 heavy (non-hydrogen) atoms. The van der Waals surface area contributed by atoms with Crippen LogP contribution in [0.4, 0.5) is 0 Å². The summed E-state index contributed by atoms with van der Waals surface area (Å²) in [6.07, 6.45) is 4.98. The first kappa shape index (κ1) is 16.2. The molecule has 7 nitrogen and oxygen atoms in total. The maximum Gasteiger partial charge on any atom is 0.180 e. The molecule has 1 aliphatic rings. The minimum Gasteiger partial charge on any atom is -0.493 e. The van der Waals surface area contributed by atoms with E-state index in [1.807, 2.05) is 30.6 Å². The molecule has 138 valence electrons. The normalized spacial score (nSPS) is 19.1. The lowest BCUT2D eigenvalue weighted by Gasteiger charge is -2.04. The first-order chi connectivity index (χ1) is 13.0. The van der Waals surface area contributed by atoms with Gasteiger partial charge in [-0.15, -0.1) is 0 Å². The average molecular weight is 362 g/mol. The monoisotopic (exact) mass is 362 g/mol. The molecule has 0 aliphatic heterocycles. The Bertz CT molecular complexity index is 1170. The summed E-state index contributed by atoms with van der Waals surface area (Å²) >= 11 is 0. The van der Waals surface area contributed by atoms with Gasteiger partial charge in [0, 0.05) is 29.9 Å². The second-order valence-electron chi connectivity index (χ2n) is 7.50. The number of rotatable bonds is 3. The van der Waals surface area contributed by atoms with Gasteiger partial charge in [-0.3, -0.25) is 4.98 Å². The van der Waals surface area contributed by atoms with Gasteiger partial charge in [0.05, 0.1) is 24.2 Å². The Labute approximate surface area is 157 Å². The molecule has 4 aromatic rings. The predicted molar refractivity (Wildman–Crippen MR) is 102 cm³/mol. The number of ether oxygens (including phenoxy) is 1. The fourth-order valence-electron chi connectivity index (χ4n) is 3.93. The summed E-state index contributed by atoms with van der Waals surface area (Å²) in [6, 6.07) is 2.03. The van der Waals surface area contributed by atoms with Crippen LogP contribution in [0, 0.1) is 27.7 Å². The first-order valence-electron chi connectivity index (χ1n) is 9.20. The van der Waals surface area contributed by atoms with Gasteiger partial charge in [-0.2, -0.15) is 5.10 Å². The highest BCUT2D eigenvalue weighted by Gasteiger charge is 2.45. The van der Waals surface area contributed by atoms with Gasteiger partial charge in [-0.05, 0) is 45.7 Å². The minimum absolute atomic E-state index is 0.305. The number of fused-ring (bicyclic) bond motifs is 2. The third-order valence-electron chi connectivity index (χ3n) is 5.52. The molecule has 0 N–H and O–H groups in total. The second-order valence-corrected chi connectivity index (χ2v) is 7.50. The van der Waals surface area contributed by atoms with Crippen LogP contribution in [0.5, 0.6) is 5.75 Å². The van der Waals surface area contributed by atoms with Crippen molar-refractivity contribution in [1.29, 1.82) is 0 Å². The molecule has 0 aromatic carbocycles. The number of pyridine rings is 1. The van der Waals surface area contributed by atoms with E-state index in [1.54, 1.807) is 7.11 Å². The van der Waals surface area contributed by atoms with Gasteiger partial charge in [0.15, 0.2) is 22.9 Å². The van der Waals surface area contributed by atoms with E-state index in [1.165, 1.54) is 0 Å². The second kappa shape index (κ2) is 5.52. The summed E-state index contributed by atoms with van der Waals surface area (Å²) < 4.78 is 9.57. The lowest BCUT2D eigenvalue weighted by molar-refractivity contribution is 0.416. The van der Waals surface area contributed by atoms with Gasteiger partial charge in [-0.1, -0.05) is 0 Å². The largest absolute Gasteiger partial charge is 0.493 e. The number of imidazole rings is 1. The molecule has 4 heterocycles. The zero-order valence-electron chi connectivity index (χ0n) is 16.2. The van der Waals surface area contributed by atoms with Crippen LogP contribution in [0.3, 0.4) is 0 Å². The Balaban J connectivity index is 1.56. The molecule has 0 spiro atoms. The van der Waals surface area contributed by atoms with Crippen molar-refractivity contribution >= 4 is 11.3 Å². The lowest BCUT2D eigenvalue weighted by Crippen LogP contribution is -1.97. The van der Waals surface area contributed by atoms with Gasteiger partial charge in [0.25, 0.3) is 0 Å². The van der Waals surface area contributed by atoms with Crippen LogP contribution in [-0.2, 0) is 0 Å². The molecule has 1 saturated carbocycles. The summed E-state index contributed by atoms with van der Waals surface area (Å²) in [4.78, 5) is 14.1. The number of aryl methyl sites for hydroxylation is 4. The maximum atomic E-state index is 5.54. The molecule has 1 fully saturated rings. The van der Waals surface area contributed by atoms with Crippen molar-refractivity contribution in [2.24, 2.45) is 0 Å².